The van der Waals surface area contributed by atoms with Crippen molar-refractivity contribution in [3.05, 3.63) is 18.2 Å². The van der Waals surface area contributed by atoms with Crippen molar-refractivity contribution in [3.8, 4) is 12.3 Å². The Balaban J connectivity index is 3.15. The molecule has 0 aliphatic carbocycles. The van der Waals surface area contributed by atoms with Crippen LogP contribution in [-0.4, -0.2) is 9.66 Å². The Morgan fingerprint density at radius 1 is 1.88 bits per heavy atom. The summed E-state index contributed by atoms with van der Waals surface area (Å²) in [7, 11) is 0. The van der Waals surface area contributed by atoms with Gasteiger partial charge >= 0.3 is 0 Å². The van der Waals surface area contributed by atoms with Crippen molar-refractivity contribution in [2.24, 2.45) is 0 Å². The molecule has 0 saturated heterocycles. The average Bonchev–Trinajstić information content (AvgIpc) is 2.14. The topological polar surface area (TPSA) is 43.8 Å². The monoisotopic (exact) mass is 107 g/mol. The Morgan fingerprint density at radius 3 is 2.88 bits per heavy atom. The molecule has 2 N–H and O–H groups in total. The highest BCUT2D eigenvalue weighted by Crippen LogP contribution is 1.85. The molecule has 8 heavy (non-hydrogen) atoms. The minimum atomic E-state index is 0.449. The van der Waals surface area contributed by atoms with Gasteiger partial charge in [0.25, 0.3) is 0 Å². The Labute approximate surface area is 47.1 Å². The normalized spacial score (nSPS) is 8.38. The van der Waals surface area contributed by atoms with Crippen LogP contribution in [0.4, 0.5) is 0 Å². The van der Waals surface area contributed by atoms with Crippen LogP contribution in [0.15, 0.2) is 12.4 Å². The molecule has 0 aliphatic heterocycles. The van der Waals surface area contributed by atoms with Gasteiger partial charge in [0.15, 0.2) is 0 Å². The molecule has 0 aromatic carbocycles. The van der Waals surface area contributed by atoms with Crippen molar-refractivity contribution in [1.82, 2.24) is 9.66 Å². The second-order valence-corrected chi connectivity index (χ2v) is 1.30. The van der Waals surface area contributed by atoms with Gasteiger partial charge in [0.1, 0.15) is 0 Å². The lowest BCUT2D eigenvalue weighted by Gasteiger charge is -1.87. The third kappa shape index (κ3) is 0.521. The van der Waals surface area contributed by atoms with Gasteiger partial charge in [0.2, 0.25) is 5.82 Å². The van der Waals surface area contributed by atoms with E-state index in [-0.39, 0.29) is 0 Å². The first-order valence-electron chi connectivity index (χ1n) is 2.09. The molecular weight excluding hydrogens is 102 g/mol. The van der Waals surface area contributed by atoms with Crippen LogP contribution in [0.1, 0.15) is 5.82 Å². The summed E-state index contributed by atoms with van der Waals surface area (Å²) >= 11 is 0. The first kappa shape index (κ1) is 4.72. The van der Waals surface area contributed by atoms with Gasteiger partial charge in [0.05, 0.1) is 0 Å². The molecule has 0 radical (unpaired) electrons. The smallest absolute Gasteiger partial charge is 0.203 e. The molecule has 0 aliphatic rings. The quantitative estimate of drug-likeness (QED) is 0.361. The van der Waals surface area contributed by atoms with Gasteiger partial charge < -0.3 is 5.84 Å². The van der Waals surface area contributed by atoms with E-state index >= 15 is 0 Å². The largest absolute Gasteiger partial charge is 0.337 e. The SMILES string of the molecule is C#Cc1nccn1N. The summed E-state index contributed by atoms with van der Waals surface area (Å²) in [6.45, 7) is 0. The number of aromatic nitrogens is 2. The molecule has 0 saturated carbocycles. The first-order chi connectivity index (χ1) is 3.84. The van der Waals surface area contributed by atoms with Crippen LogP contribution in [0, 0.1) is 12.3 Å². The Kier molecular flexibility index (Phi) is 0.935. The van der Waals surface area contributed by atoms with Gasteiger partial charge in [-0.2, -0.15) is 0 Å². The molecule has 1 rings (SSSR count). The lowest BCUT2D eigenvalue weighted by Crippen LogP contribution is -2.08. The zero-order chi connectivity index (χ0) is 5.98. The molecule has 1 aromatic heterocycles. The van der Waals surface area contributed by atoms with Crippen molar-refractivity contribution >= 4 is 0 Å². The van der Waals surface area contributed by atoms with Crippen molar-refractivity contribution in [2.75, 3.05) is 5.84 Å². The van der Waals surface area contributed by atoms with Gasteiger partial charge in [-0.25, -0.2) is 9.66 Å². The van der Waals surface area contributed by atoms with Crippen LogP contribution in [0.2, 0.25) is 0 Å². The minimum absolute atomic E-state index is 0.449. The van der Waals surface area contributed by atoms with E-state index in [2.05, 4.69) is 10.9 Å². The average molecular weight is 107 g/mol. The predicted octanol–water partition coefficient (Wildman–Crippen LogP) is -0.422. The number of nitrogens with zero attached hydrogens (tertiary/aromatic N) is 2. The molecular formula is C5H5N3. The highest BCUT2D eigenvalue weighted by molar-refractivity contribution is 5.16. The summed E-state index contributed by atoms with van der Waals surface area (Å²) in [5.41, 5.74) is 0. The highest BCUT2D eigenvalue weighted by atomic mass is 15.3. The van der Waals surface area contributed by atoms with Crippen LogP contribution in [0.5, 0.6) is 0 Å². The Morgan fingerprint density at radius 2 is 2.62 bits per heavy atom. The fourth-order valence-electron chi connectivity index (χ4n) is 0.425. The van der Waals surface area contributed by atoms with Gasteiger partial charge in [0, 0.05) is 12.4 Å². The van der Waals surface area contributed by atoms with Crippen molar-refractivity contribution in [1.29, 1.82) is 0 Å². The molecule has 0 fully saturated rings. The minimum Gasteiger partial charge on any atom is -0.337 e. The fourth-order valence-corrected chi connectivity index (χ4v) is 0.425. The van der Waals surface area contributed by atoms with Crippen LogP contribution >= 0.6 is 0 Å². The number of hydrogen-bond acceptors (Lipinski definition) is 2. The van der Waals surface area contributed by atoms with E-state index in [4.69, 9.17) is 12.3 Å². The zero-order valence-electron chi connectivity index (χ0n) is 4.20. The van der Waals surface area contributed by atoms with Gasteiger partial charge in [-0.05, 0) is 5.92 Å². The second-order valence-electron chi connectivity index (χ2n) is 1.30. The van der Waals surface area contributed by atoms with Crippen molar-refractivity contribution in [2.45, 2.75) is 0 Å². The number of nitrogens with two attached hydrogens (primary N) is 1. The maximum Gasteiger partial charge on any atom is 0.203 e. The molecule has 3 nitrogen and oxygen atoms in total. The zero-order valence-corrected chi connectivity index (χ0v) is 4.20. The highest BCUT2D eigenvalue weighted by Gasteiger charge is 1.88. The Hall–Kier alpha value is -1.43. The van der Waals surface area contributed by atoms with E-state index in [0.717, 1.165) is 0 Å². The third-order valence-corrected chi connectivity index (χ3v) is 0.798. The van der Waals surface area contributed by atoms with Crippen LogP contribution in [-0.2, 0) is 0 Å². The number of terminal acetylenes is 1. The van der Waals surface area contributed by atoms with E-state index in [0.29, 0.717) is 5.82 Å². The number of hydrogen-bond donors (Lipinski definition) is 1. The molecule has 3 heteroatoms. The third-order valence-electron chi connectivity index (χ3n) is 0.798. The van der Waals surface area contributed by atoms with Crippen molar-refractivity contribution in [3.63, 3.8) is 0 Å². The van der Waals surface area contributed by atoms with Crippen LogP contribution in [0.3, 0.4) is 0 Å². The molecule has 0 amide bonds. The molecule has 0 unspecified atom stereocenters. The van der Waals surface area contributed by atoms with Crippen LogP contribution < -0.4 is 5.84 Å². The summed E-state index contributed by atoms with van der Waals surface area (Å²) < 4.78 is 1.29. The van der Waals surface area contributed by atoms with E-state index in [1.165, 1.54) is 4.68 Å². The Bertz CT molecular complexity index is 218. The van der Waals surface area contributed by atoms with Gasteiger partial charge in [-0.3, -0.25) is 0 Å². The molecule has 0 bridgehead atoms. The summed E-state index contributed by atoms with van der Waals surface area (Å²) in [6, 6.07) is 0. The van der Waals surface area contributed by atoms with Gasteiger partial charge in [-0.15, -0.1) is 6.42 Å². The van der Waals surface area contributed by atoms with Crippen molar-refractivity contribution < 1.29 is 0 Å². The number of imidazole rings is 1. The fraction of sp³-hybridized carbons (Fsp3) is 0. The molecule has 1 heterocycles. The second kappa shape index (κ2) is 1.58. The number of rotatable bonds is 0. The maximum absolute atomic E-state index is 5.26. The van der Waals surface area contributed by atoms with E-state index in [1.54, 1.807) is 12.4 Å². The molecule has 40 valence electrons. The predicted molar refractivity (Wildman–Crippen MR) is 30.3 cm³/mol. The molecule has 0 spiro atoms. The summed E-state index contributed by atoms with van der Waals surface area (Å²) in [5, 5.41) is 0. The van der Waals surface area contributed by atoms with E-state index in [1.807, 2.05) is 0 Å². The summed E-state index contributed by atoms with van der Waals surface area (Å²) in [6.07, 6.45) is 8.12. The lowest BCUT2D eigenvalue weighted by molar-refractivity contribution is 0.975. The number of nitrogen functional groups attached to an aromatic ring is 1. The standard InChI is InChI=1S/C5H5N3/c1-2-5-7-3-4-8(5)6/h1,3-4H,6H2. The van der Waals surface area contributed by atoms with Gasteiger partial charge in [-0.1, -0.05) is 0 Å². The first-order valence-corrected chi connectivity index (χ1v) is 2.09. The lowest BCUT2D eigenvalue weighted by atomic mass is 10.7. The molecule has 0 atom stereocenters. The summed E-state index contributed by atoms with van der Waals surface area (Å²) in [4.78, 5) is 3.74. The van der Waals surface area contributed by atoms with Crippen LogP contribution in [0.25, 0.3) is 0 Å². The maximum atomic E-state index is 5.26. The summed E-state index contributed by atoms with van der Waals surface area (Å²) in [5.74, 6) is 8.01. The van der Waals surface area contributed by atoms with E-state index < -0.39 is 0 Å². The molecule has 1 aromatic rings. The van der Waals surface area contributed by atoms with E-state index in [9.17, 15) is 0 Å².